The number of esters is 1. The molecule has 104 valence electrons. The van der Waals surface area contributed by atoms with Crippen LogP contribution in [0.25, 0.3) is 0 Å². The van der Waals surface area contributed by atoms with Crippen LogP contribution in [0, 0.1) is 0 Å². The topological polar surface area (TPSA) is 84.9 Å². The Bertz CT molecular complexity index is 446. The highest BCUT2D eigenvalue weighted by molar-refractivity contribution is 5.80. The number of ether oxygens (including phenoxy) is 2. The number of benzene rings is 1. The Morgan fingerprint density at radius 2 is 2.11 bits per heavy atom. The lowest BCUT2D eigenvalue weighted by Crippen LogP contribution is -2.37. The van der Waals surface area contributed by atoms with E-state index in [-0.39, 0.29) is 18.9 Å². The van der Waals surface area contributed by atoms with Crippen molar-refractivity contribution in [3.63, 3.8) is 0 Å². The van der Waals surface area contributed by atoms with Crippen LogP contribution < -0.4 is 10.1 Å². The van der Waals surface area contributed by atoms with Crippen molar-refractivity contribution in [3.8, 4) is 5.75 Å². The Labute approximate surface area is 111 Å². The van der Waals surface area contributed by atoms with Gasteiger partial charge in [0.1, 0.15) is 5.75 Å². The summed E-state index contributed by atoms with van der Waals surface area (Å²) >= 11 is 0. The maximum atomic E-state index is 11.6. The smallest absolute Gasteiger partial charge is 0.336 e. The first-order chi connectivity index (χ1) is 9.06. The van der Waals surface area contributed by atoms with Gasteiger partial charge < -0.3 is 19.9 Å². The van der Waals surface area contributed by atoms with Crippen LogP contribution in [0.4, 0.5) is 0 Å². The maximum Gasteiger partial charge on any atom is 0.336 e. The van der Waals surface area contributed by atoms with E-state index in [0.717, 1.165) is 5.56 Å². The zero-order valence-corrected chi connectivity index (χ0v) is 10.9. The molecule has 0 aliphatic rings. The molecule has 6 heteroatoms. The molecule has 1 unspecified atom stereocenters. The van der Waals surface area contributed by atoms with Crippen LogP contribution in [-0.4, -0.2) is 43.9 Å². The predicted molar refractivity (Wildman–Crippen MR) is 67.7 cm³/mol. The number of aliphatic hydroxyl groups excluding tert-OH is 1. The minimum absolute atomic E-state index is 0.144. The molecule has 1 aromatic rings. The number of carbonyl (C=O) groups excluding carboxylic acids is 2. The maximum absolute atomic E-state index is 11.6. The highest BCUT2D eigenvalue weighted by atomic mass is 16.5. The molecule has 0 saturated carbocycles. The van der Waals surface area contributed by atoms with E-state index in [1.165, 1.54) is 7.11 Å². The fraction of sp³-hybridized carbons (Fsp3) is 0.385. The van der Waals surface area contributed by atoms with Gasteiger partial charge in [0.15, 0.2) is 6.10 Å². The third-order valence-corrected chi connectivity index (χ3v) is 2.46. The van der Waals surface area contributed by atoms with Crippen molar-refractivity contribution in [2.24, 2.45) is 0 Å². The molecule has 0 aromatic heterocycles. The molecule has 1 aromatic carbocycles. The number of hydrogen-bond acceptors (Lipinski definition) is 5. The molecule has 1 rings (SSSR count). The highest BCUT2D eigenvalue weighted by Gasteiger charge is 2.16. The van der Waals surface area contributed by atoms with Crippen molar-refractivity contribution < 1.29 is 24.2 Å². The van der Waals surface area contributed by atoms with E-state index >= 15 is 0 Å². The van der Waals surface area contributed by atoms with E-state index in [0.29, 0.717) is 5.75 Å². The van der Waals surface area contributed by atoms with Crippen LogP contribution >= 0.6 is 0 Å². The molecule has 1 amide bonds. The van der Waals surface area contributed by atoms with Crippen molar-refractivity contribution in [2.75, 3.05) is 20.8 Å². The molecule has 0 saturated heterocycles. The number of methoxy groups -OCH3 is 2. The molecule has 0 aliphatic heterocycles. The third-order valence-electron chi connectivity index (χ3n) is 2.46. The number of hydrogen-bond donors (Lipinski definition) is 2. The molecule has 2 N–H and O–H groups in total. The van der Waals surface area contributed by atoms with Gasteiger partial charge in [0.2, 0.25) is 5.91 Å². The van der Waals surface area contributed by atoms with Crippen molar-refractivity contribution in [3.05, 3.63) is 29.8 Å². The molecule has 0 radical (unpaired) electrons. The highest BCUT2D eigenvalue weighted by Crippen LogP contribution is 2.12. The lowest BCUT2D eigenvalue weighted by Gasteiger charge is -2.10. The van der Waals surface area contributed by atoms with Gasteiger partial charge in [0, 0.05) is 0 Å². The molecule has 0 spiro atoms. The normalized spacial score (nSPS) is 11.5. The Morgan fingerprint density at radius 3 is 2.74 bits per heavy atom. The van der Waals surface area contributed by atoms with Crippen molar-refractivity contribution in [1.82, 2.24) is 5.32 Å². The van der Waals surface area contributed by atoms with Crippen molar-refractivity contribution in [1.29, 1.82) is 0 Å². The van der Waals surface area contributed by atoms with Gasteiger partial charge in [0.05, 0.1) is 27.2 Å². The number of amides is 1. The largest absolute Gasteiger partial charge is 0.497 e. The second kappa shape index (κ2) is 7.38. The lowest BCUT2D eigenvalue weighted by molar-refractivity contribution is -0.150. The first-order valence-electron chi connectivity index (χ1n) is 5.72. The van der Waals surface area contributed by atoms with E-state index in [4.69, 9.17) is 4.74 Å². The zero-order valence-electron chi connectivity index (χ0n) is 10.9. The van der Waals surface area contributed by atoms with Gasteiger partial charge in [-0.15, -0.1) is 0 Å². The molecular formula is C13H17NO5. The fourth-order valence-corrected chi connectivity index (χ4v) is 1.46. The number of aliphatic hydroxyl groups is 1. The minimum atomic E-state index is -1.35. The average Bonchev–Trinajstić information content (AvgIpc) is 2.44. The summed E-state index contributed by atoms with van der Waals surface area (Å²) in [4.78, 5) is 22.5. The number of nitrogens with one attached hydrogen (secondary N) is 1. The summed E-state index contributed by atoms with van der Waals surface area (Å²) in [6.07, 6.45) is -1.20. The predicted octanol–water partition coefficient (Wildman–Crippen LogP) is -0.112. The lowest BCUT2D eigenvalue weighted by atomic mass is 10.1. The summed E-state index contributed by atoms with van der Waals surface area (Å²) in [5.41, 5.74) is 0.782. The summed E-state index contributed by atoms with van der Waals surface area (Å²) in [6.45, 7) is -0.171. The van der Waals surface area contributed by atoms with Gasteiger partial charge in [-0.2, -0.15) is 0 Å². The SMILES string of the molecule is COC(=O)C(O)CNC(=O)Cc1cccc(OC)c1. The van der Waals surface area contributed by atoms with E-state index in [1.807, 2.05) is 0 Å². The molecule has 1 atom stereocenters. The average molecular weight is 267 g/mol. The number of carbonyl (C=O) groups is 2. The van der Waals surface area contributed by atoms with Gasteiger partial charge >= 0.3 is 5.97 Å². The molecule has 0 heterocycles. The van der Waals surface area contributed by atoms with Crippen LogP contribution in [0.1, 0.15) is 5.56 Å². The fourth-order valence-electron chi connectivity index (χ4n) is 1.46. The summed E-state index contributed by atoms with van der Waals surface area (Å²) in [5, 5.41) is 11.8. The van der Waals surface area contributed by atoms with Gasteiger partial charge in [-0.25, -0.2) is 4.79 Å². The Hall–Kier alpha value is -2.08. The van der Waals surface area contributed by atoms with E-state index in [2.05, 4.69) is 10.1 Å². The molecule has 0 bridgehead atoms. The van der Waals surface area contributed by atoms with Crippen LogP contribution in [0.2, 0.25) is 0 Å². The van der Waals surface area contributed by atoms with Gasteiger partial charge in [-0.1, -0.05) is 12.1 Å². The zero-order chi connectivity index (χ0) is 14.3. The summed E-state index contributed by atoms with van der Waals surface area (Å²) in [6, 6.07) is 7.10. The van der Waals surface area contributed by atoms with Gasteiger partial charge in [-0.05, 0) is 17.7 Å². The van der Waals surface area contributed by atoms with E-state index in [9.17, 15) is 14.7 Å². The minimum Gasteiger partial charge on any atom is -0.497 e. The molecular weight excluding hydrogens is 250 g/mol. The van der Waals surface area contributed by atoms with Crippen molar-refractivity contribution >= 4 is 11.9 Å². The van der Waals surface area contributed by atoms with Crippen LogP contribution in [-0.2, 0) is 20.7 Å². The third kappa shape index (κ3) is 4.97. The second-order valence-corrected chi connectivity index (χ2v) is 3.87. The summed E-state index contributed by atoms with van der Waals surface area (Å²) in [7, 11) is 2.72. The first kappa shape index (κ1) is 15.0. The molecule has 6 nitrogen and oxygen atoms in total. The quantitative estimate of drug-likeness (QED) is 0.702. The van der Waals surface area contributed by atoms with E-state index in [1.54, 1.807) is 31.4 Å². The Kier molecular flexibility index (Phi) is 5.81. The van der Waals surface area contributed by atoms with Crippen molar-refractivity contribution in [2.45, 2.75) is 12.5 Å². The standard InChI is InChI=1S/C13H17NO5/c1-18-10-5-3-4-9(6-10)7-12(16)14-8-11(15)13(17)19-2/h3-6,11,15H,7-8H2,1-2H3,(H,14,16). The Balaban J connectivity index is 2.44. The monoisotopic (exact) mass is 267 g/mol. The summed E-state index contributed by atoms with van der Waals surface area (Å²) in [5.74, 6) is -0.405. The molecule has 0 fully saturated rings. The Morgan fingerprint density at radius 1 is 1.37 bits per heavy atom. The summed E-state index contributed by atoms with van der Waals surface area (Å²) < 4.78 is 9.38. The van der Waals surface area contributed by atoms with Gasteiger partial charge in [-0.3, -0.25) is 4.79 Å². The molecule has 0 aliphatic carbocycles. The van der Waals surface area contributed by atoms with E-state index < -0.39 is 12.1 Å². The van der Waals surface area contributed by atoms with Crippen LogP contribution in [0.15, 0.2) is 24.3 Å². The van der Waals surface area contributed by atoms with Crippen LogP contribution in [0.3, 0.4) is 0 Å². The van der Waals surface area contributed by atoms with Crippen LogP contribution in [0.5, 0.6) is 5.75 Å². The first-order valence-corrected chi connectivity index (χ1v) is 5.72. The molecule has 19 heavy (non-hydrogen) atoms. The van der Waals surface area contributed by atoms with Gasteiger partial charge in [0.25, 0.3) is 0 Å². The second-order valence-electron chi connectivity index (χ2n) is 3.87. The number of rotatable bonds is 6.